The van der Waals surface area contributed by atoms with Gasteiger partial charge < -0.3 is 10.3 Å². The van der Waals surface area contributed by atoms with Crippen LogP contribution >= 0.6 is 0 Å². The van der Waals surface area contributed by atoms with Crippen molar-refractivity contribution in [2.45, 2.75) is 0 Å². The number of carbonyl (C=O) groups is 1. The molecular formula is C15H10F2N2O. The van der Waals surface area contributed by atoms with Crippen LogP contribution in [0.25, 0.3) is 10.9 Å². The molecule has 3 rings (SSSR count). The summed E-state index contributed by atoms with van der Waals surface area (Å²) in [4.78, 5) is 15.1. The van der Waals surface area contributed by atoms with Crippen molar-refractivity contribution < 1.29 is 13.6 Å². The van der Waals surface area contributed by atoms with Gasteiger partial charge in [0.25, 0.3) is 5.91 Å². The minimum Gasteiger partial charge on any atom is -0.361 e. The lowest BCUT2D eigenvalue weighted by Gasteiger charge is -2.07. The lowest BCUT2D eigenvalue weighted by Crippen LogP contribution is -2.12. The van der Waals surface area contributed by atoms with Gasteiger partial charge in [0, 0.05) is 22.7 Å². The van der Waals surface area contributed by atoms with E-state index >= 15 is 0 Å². The molecule has 1 aromatic heterocycles. The van der Waals surface area contributed by atoms with Crippen molar-refractivity contribution in [1.82, 2.24) is 4.98 Å². The minimum absolute atomic E-state index is 0.0661. The van der Waals surface area contributed by atoms with E-state index in [0.29, 0.717) is 5.69 Å². The zero-order valence-corrected chi connectivity index (χ0v) is 10.3. The van der Waals surface area contributed by atoms with Crippen LogP contribution in [-0.4, -0.2) is 10.9 Å². The molecule has 5 heteroatoms. The second-order valence-corrected chi connectivity index (χ2v) is 4.33. The number of anilines is 1. The molecule has 100 valence electrons. The van der Waals surface area contributed by atoms with E-state index in [1.165, 1.54) is 6.07 Å². The van der Waals surface area contributed by atoms with Crippen molar-refractivity contribution >= 4 is 22.5 Å². The van der Waals surface area contributed by atoms with E-state index in [-0.39, 0.29) is 5.56 Å². The van der Waals surface area contributed by atoms with Gasteiger partial charge in [-0.2, -0.15) is 0 Å². The molecule has 2 aromatic carbocycles. The highest BCUT2D eigenvalue weighted by Crippen LogP contribution is 2.22. The highest BCUT2D eigenvalue weighted by molar-refractivity contribution is 6.08. The first kappa shape index (κ1) is 12.3. The molecule has 1 heterocycles. The number of aromatic amines is 1. The van der Waals surface area contributed by atoms with Gasteiger partial charge in [-0.25, -0.2) is 8.78 Å². The molecule has 0 fully saturated rings. The number of amides is 1. The lowest BCUT2D eigenvalue weighted by molar-refractivity contribution is 0.102. The highest BCUT2D eigenvalue weighted by atomic mass is 19.2. The van der Waals surface area contributed by atoms with E-state index in [2.05, 4.69) is 10.3 Å². The molecule has 0 radical (unpaired) electrons. The molecule has 3 aromatic rings. The third-order valence-electron chi connectivity index (χ3n) is 3.02. The Balaban J connectivity index is 1.92. The number of aromatic nitrogens is 1. The van der Waals surface area contributed by atoms with E-state index < -0.39 is 17.5 Å². The van der Waals surface area contributed by atoms with Gasteiger partial charge in [-0.3, -0.25) is 4.79 Å². The molecule has 0 aliphatic carbocycles. The molecule has 0 spiro atoms. The predicted molar refractivity (Wildman–Crippen MR) is 72.6 cm³/mol. The Morgan fingerprint density at radius 2 is 1.90 bits per heavy atom. The van der Waals surface area contributed by atoms with Crippen molar-refractivity contribution in [3.63, 3.8) is 0 Å². The molecule has 0 aliphatic heterocycles. The predicted octanol–water partition coefficient (Wildman–Crippen LogP) is 3.70. The van der Waals surface area contributed by atoms with Crippen molar-refractivity contribution in [3.8, 4) is 0 Å². The Kier molecular flexibility index (Phi) is 2.95. The summed E-state index contributed by atoms with van der Waals surface area (Å²) in [7, 11) is 0. The van der Waals surface area contributed by atoms with Crippen molar-refractivity contribution in [2.75, 3.05) is 5.32 Å². The maximum atomic E-state index is 13.1. The molecule has 2 N–H and O–H groups in total. The summed E-state index contributed by atoms with van der Waals surface area (Å²) in [5, 5.41) is 3.54. The summed E-state index contributed by atoms with van der Waals surface area (Å²) in [6.45, 7) is 0. The quantitative estimate of drug-likeness (QED) is 0.734. The molecule has 0 saturated carbocycles. The van der Waals surface area contributed by atoms with Gasteiger partial charge in [-0.15, -0.1) is 0 Å². The van der Waals surface area contributed by atoms with E-state index in [0.717, 1.165) is 23.0 Å². The fourth-order valence-corrected chi connectivity index (χ4v) is 2.03. The van der Waals surface area contributed by atoms with Crippen LogP contribution in [0.3, 0.4) is 0 Å². The van der Waals surface area contributed by atoms with E-state index in [1.807, 2.05) is 12.1 Å². The number of carbonyl (C=O) groups excluding carboxylic acids is 1. The molecular weight excluding hydrogens is 262 g/mol. The average Bonchev–Trinajstić information content (AvgIpc) is 2.91. The molecule has 0 unspecified atom stereocenters. The number of benzene rings is 2. The van der Waals surface area contributed by atoms with E-state index in [1.54, 1.807) is 18.3 Å². The normalized spacial score (nSPS) is 10.7. The molecule has 0 aliphatic rings. The third-order valence-corrected chi connectivity index (χ3v) is 3.02. The number of rotatable bonds is 2. The summed E-state index contributed by atoms with van der Waals surface area (Å²) >= 11 is 0. The van der Waals surface area contributed by atoms with Crippen molar-refractivity contribution in [3.05, 3.63) is 65.9 Å². The van der Waals surface area contributed by atoms with E-state index in [9.17, 15) is 13.6 Å². The Morgan fingerprint density at radius 1 is 1.05 bits per heavy atom. The van der Waals surface area contributed by atoms with Gasteiger partial charge in [0.2, 0.25) is 0 Å². The Labute approximate surface area is 113 Å². The van der Waals surface area contributed by atoms with Crippen LogP contribution in [0.1, 0.15) is 10.4 Å². The third kappa shape index (κ3) is 2.14. The van der Waals surface area contributed by atoms with Gasteiger partial charge in [-0.1, -0.05) is 6.07 Å². The number of H-pyrrole nitrogens is 1. The summed E-state index contributed by atoms with van der Waals surface area (Å²) in [5.41, 5.74) is 1.56. The van der Waals surface area contributed by atoms with Crippen molar-refractivity contribution in [1.29, 1.82) is 0 Å². The zero-order chi connectivity index (χ0) is 14.1. The first-order chi connectivity index (χ1) is 9.65. The molecule has 0 bridgehead atoms. The minimum atomic E-state index is -1.04. The highest BCUT2D eigenvalue weighted by Gasteiger charge is 2.11. The van der Waals surface area contributed by atoms with Crippen LogP contribution in [-0.2, 0) is 0 Å². The zero-order valence-electron chi connectivity index (χ0n) is 10.3. The second-order valence-electron chi connectivity index (χ2n) is 4.33. The van der Waals surface area contributed by atoms with Crippen LogP contribution < -0.4 is 5.32 Å². The van der Waals surface area contributed by atoms with Crippen LogP contribution in [0.2, 0.25) is 0 Å². The van der Waals surface area contributed by atoms with Crippen LogP contribution in [0, 0.1) is 11.6 Å². The lowest BCUT2D eigenvalue weighted by atomic mass is 10.1. The first-order valence-electron chi connectivity index (χ1n) is 5.97. The maximum Gasteiger partial charge on any atom is 0.255 e. The topological polar surface area (TPSA) is 44.9 Å². The van der Waals surface area contributed by atoms with E-state index in [4.69, 9.17) is 0 Å². The smallest absolute Gasteiger partial charge is 0.255 e. The number of hydrogen-bond donors (Lipinski definition) is 2. The first-order valence-corrected chi connectivity index (χ1v) is 5.97. The number of fused-ring (bicyclic) bond motifs is 1. The number of nitrogens with one attached hydrogen (secondary N) is 2. The largest absolute Gasteiger partial charge is 0.361 e. The standard InChI is InChI=1S/C15H10F2N2O/c16-11-5-4-9(8-12(11)17)15(20)19-14-3-1-2-13-10(14)6-7-18-13/h1-8,18H,(H,19,20). The maximum absolute atomic E-state index is 13.1. The van der Waals surface area contributed by atoms with Crippen molar-refractivity contribution in [2.24, 2.45) is 0 Å². The molecule has 1 amide bonds. The van der Waals surface area contributed by atoms with Crippen LogP contribution in [0.4, 0.5) is 14.5 Å². The Bertz CT molecular complexity index is 795. The monoisotopic (exact) mass is 272 g/mol. The molecule has 3 nitrogen and oxygen atoms in total. The van der Waals surface area contributed by atoms with Gasteiger partial charge >= 0.3 is 0 Å². The van der Waals surface area contributed by atoms with Gasteiger partial charge in [0.1, 0.15) is 0 Å². The second kappa shape index (κ2) is 4.77. The van der Waals surface area contributed by atoms with Crippen LogP contribution in [0.5, 0.6) is 0 Å². The fraction of sp³-hybridized carbons (Fsp3) is 0. The molecule has 20 heavy (non-hydrogen) atoms. The molecule has 0 saturated heterocycles. The summed E-state index contributed by atoms with van der Waals surface area (Å²) < 4.78 is 26.0. The SMILES string of the molecule is O=C(Nc1cccc2[nH]ccc12)c1ccc(F)c(F)c1. The Morgan fingerprint density at radius 3 is 2.70 bits per heavy atom. The summed E-state index contributed by atoms with van der Waals surface area (Å²) in [6, 6.07) is 10.3. The van der Waals surface area contributed by atoms with Gasteiger partial charge in [0.05, 0.1) is 5.69 Å². The Hall–Kier alpha value is -2.69. The van der Waals surface area contributed by atoms with Crippen LogP contribution in [0.15, 0.2) is 48.7 Å². The van der Waals surface area contributed by atoms with Gasteiger partial charge in [-0.05, 0) is 36.4 Å². The molecule has 0 atom stereocenters. The average molecular weight is 272 g/mol. The number of hydrogen-bond acceptors (Lipinski definition) is 1. The number of halogens is 2. The summed E-state index contributed by atoms with van der Waals surface area (Å²) in [5.74, 6) is -2.51. The van der Waals surface area contributed by atoms with Gasteiger partial charge in [0.15, 0.2) is 11.6 Å². The summed E-state index contributed by atoms with van der Waals surface area (Å²) in [6.07, 6.45) is 1.76. The fourth-order valence-electron chi connectivity index (χ4n) is 2.03.